The Balaban J connectivity index is 2.12. The first-order valence-corrected chi connectivity index (χ1v) is 5.40. The van der Waals surface area contributed by atoms with Crippen LogP contribution >= 0.6 is 0 Å². The van der Waals surface area contributed by atoms with Gasteiger partial charge in [0.2, 0.25) is 0 Å². The molecule has 0 spiro atoms. The van der Waals surface area contributed by atoms with E-state index in [2.05, 4.69) is 0 Å². The van der Waals surface area contributed by atoms with Gasteiger partial charge in [0.1, 0.15) is 12.2 Å². The van der Waals surface area contributed by atoms with E-state index in [1.165, 1.54) is 0 Å². The highest BCUT2D eigenvalue weighted by atomic mass is 16.6. The highest BCUT2D eigenvalue weighted by Gasteiger charge is 2.58. The van der Waals surface area contributed by atoms with Gasteiger partial charge in [-0.3, -0.25) is 0 Å². The molecule has 0 bridgehead atoms. The number of carbonyl (C=O) groups is 1. The number of carbonyl (C=O) groups excluding carboxylic acids is 1. The minimum atomic E-state index is -0.468. The maximum Gasteiger partial charge on any atom is 0.597 e. The van der Waals surface area contributed by atoms with Crippen LogP contribution in [-0.4, -0.2) is 39.7 Å². The number of aliphatic hydroxyl groups excluding tert-OH is 1. The van der Waals surface area contributed by atoms with Crippen molar-refractivity contribution in [3.8, 4) is 0 Å². The molecule has 1 fully saturated rings. The summed E-state index contributed by atoms with van der Waals surface area (Å²) < 4.78 is 6.95. The van der Waals surface area contributed by atoms with E-state index in [9.17, 15) is 4.79 Å². The lowest BCUT2D eigenvalue weighted by atomic mass is 10.2. The number of amides is 1. The molecule has 15 heavy (non-hydrogen) atoms. The number of hydrogen-bond acceptors (Lipinski definition) is 3. The molecule has 1 saturated carbocycles. The van der Waals surface area contributed by atoms with Crippen molar-refractivity contribution in [1.29, 1.82) is 0 Å². The summed E-state index contributed by atoms with van der Waals surface area (Å²) in [6.45, 7) is 5.52. The zero-order chi connectivity index (χ0) is 11.2. The highest BCUT2D eigenvalue weighted by molar-refractivity contribution is 5.87. The van der Waals surface area contributed by atoms with Gasteiger partial charge in [0.15, 0.2) is 11.8 Å². The summed E-state index contributed by atoms with van der Waals surface area (Å²) in [5.41, 5.74) is 0.343. The Morgan fingerprint density at radius 2 is 2.27 bits per heavy atom. The second-order valence-corrected chi connectivity index (χ2v) is 5.34. The largest absolute Gasteiger partial charge is 0.597 e. The molecule has 0 aromatic rings. The van der Waals surface area contributed by atoms with E-state index in [1.54, 1.807) is 4.58 Å². The average molecular weight is 212 g/mol. The van der Waals surface area contributed by atoms with Crippen LogP contribution in [0.2, 0.25) is 0 Å². The highest BCUT2D eigenvalue weighted by Crippen LogP contribution is 2.42. The van der Waals surface area contributed by atoms with E-state index < -0.39 is 5.60 Å². The number of fused-ring (bicyclic) bond motifs is 1. The Bertz CT molecular complexity index is 327. The number of nitrogens with zero attached hydrogens (tertiary/aromatic N) is 1. The topological polar surface area (TPSA) is 49.5 Å². The molecule has 2 unspecified atom stereocenters. The molecule has 0 radical (unpaired) electrons. The van der Waals surface area contributed by atoms with Gasteiger partial charge in [0.25, 0.3) is 0 Å². The molecule has 2 atom stereocenters. The molecule has 2 aliphatic rings. The summed E-state index contributed by atoms with van der Waals surface area (Å²) in [5.74, 6) is 0.569. The lowest BCUT2D eigenvalue weighted by molar-refractivity contribution is -0.463. The molecule has 2 rings (SSSR count). The molecular weight excluding hydrogens is 194 g/mol. The maximum absolute atomic E-state index is 11.8. The third-order valence-corrected chi connectivity index (χ3v) is 2.83. The molecule has 1 aliphatic heterocycles. The van der Waals surface area contributed by atoms with Crippen molar-refractivity contribution in [1.82, 2.24) is 0 Å². The van der Waals surface area contributed by atoms with E-state index in [0.717, 1.165) is 18.6 Å². The van der Waals surface area contributed by atoms with Crippen molar-refractivity contribution in [2.45, 2.75) is 45.3 Å². The van der Waals surface area contributed by atoms with Crippen LogP contribution in [0.25, 0.3) is 0 Å². The van der Waals surface area contributed by atoms with E-state index in [4.69, 9.17) is 9.84 Å². The van der Waals surface area contributed by atoms with Gasteiger partial charge in [-0.2, -0.15) is 4.79 Å². The van der Waals surface area contributed by atoms with Crippen LogP contribution in [0.3, 0.4) is 0 Å². The first kappa shape index (κ1) is 10.6. The lowest BCUT2D eigenvalue weighted by Crippen LogP contribution is -2.34. The Labute approximate surface area is 89.6 Å². The molecule has 1 aliphatic carbocycles. The van der Waals surface area contributed by atoms with Gasteiger partial charge in [-0.15, -0.1) is 4.58 Å². The SMILES string of the molecule is CC(C)(C)OC(=O)[N+]1=C(CO)CC2CC21. The quantitative estimate of drug-likeness (QED) is 0.663. The first-order valence-electron chi connectivity index (χ1n) is 5.40. The van der Waals surface area contributed by atoms with Crippen LogP contribution in [0.15, 0.2) is 0 Å². The lowest BCUT2D eigenvalue weighted by Gasteiger charge is -2.16. The third-order valence-electron chi connectivity index (χ3n) is 2.83. The molecular formula is C11H18NO3+. The van der Waals surface area contributed by atoms with Crippen LogP contribution in [-0.2, 0) is 4.74 Å². The molecule has 1 amide bonds. The molecule has 0 saturated heterocycles. The Morgan fingerprint density at radius 3 is 2.80 bits per heavy atom. The van der Waals surface area contributed by atoms with Gasteiger partial charge >= 0.3 is 6.09 Å². The zero-order valence-electron chi connectivity index (χ0n) is 9.49. The van der Waals surface area contributed by atoms with Gasteiger partial charge in [0.05, 0.1) is 0 Å². The molecule has 4 nitrogen and oxygen atoms in total. The summed E-state index contributed by atoms with van der Waals surface area (Å²) in [6, 6.07) is 0.294. The summed E-state index contributed by atoms with van der Waals surface area (Å²) >= 11 is 0. The molecule has 1 heterocycles. The summed E-state index contributed by atoms with van der Waals surface area (Å²) in [5, 5.41) is 9.14. The molecule has 0 aromatic carbocycles. The van der Waals surface area contributed by atoms with Crippen molar-refractivity contribution in [3.05, 3.63) is 0 Å². The maximum atomic E-state index is 11.8. The molecule has 0 aromatic heterocycles. The van der Waals surface area contributed by atoms with Gasteiger partial charge in [0, 0.05) is 18.8 Å². The third kappa shape index (κ3) is 2.04. The monoisotopic (exact) mass is 212 g/mol. The van der Waals surface area contributed by atoms with E-state index in [1.807, 2.05) is 20.8 Å². The fraction of sp³-hybridized carbons (Fsp3) is 0.818. The van der Waals surface area contributed by atoms with E-state index in [-0.39, 0.29) is 12.7 Å². The number of ether oxygens (including phenoxy) is 1. The van der Waals surface area contributed by atoms with Crippen molar-refractivity contribution >= 4 is 11.8 Å². The molecule has 1 N–H and O–H groups in total. The van der Waals surface area contributed by atoms with Crippen LogP contribution in [0, 0.1) is 5.92 Å². The minimum Gasteiger partial charge on any atom is -0.406 e. The smallest absolute Gasteiger partial charge is 0.406 e. The van der Waals surface area contributed by atoms with Gasteiger partial charge < -0.3 is 9.84 Å². The average Bonchev–Trinajstić information content (AvgIpc) is 2.73. The Morgan fingerprint density at radius 1 is 1.60 bits per heavy atom. The number of hydrogen-bond donors (Lipinski definition) is 1. The first-order chi connectivity index (χ1) is 6.92. The van der Waals surface area contributed by atoms with Crippen LogP contribution < -0.4 is 0 Å². The van der Waals surface area contributed by atoms with Gasteiger partial charge in [-0.25, -0.2) is 0 Å². The Kier molecular flexibility index (Phi) is 2.34. The second-order valence-electron chi connectivity index (χ2n) is 5.34. The summed E-state index contributed by atoms with van der Waals surface area (Å²) in [7, 11) is 0. The van der Waals surface area contributed by atoms with Gasteiger partial charge in [-0.05, 0) is 20.8 Å². The molecule has 84 valence electrons. The normalized spacial score (nSPS) is 29.1. The number of aliphatic hydroxyl groups is 1. The summed E-state index contributed by atoms with van der Waals surface area (Å²) in [6.07, 6.45) is 1.60. The second kappa shape index (κ2) is 3.30. The standard InChI is InChI=1S/C11H18NO3/c1-11(2,3)15-10(14)12-8(6-13)4-7-5-9(7)12/h7,9,13H,4-6H2,1-3H3/q+1. The fourth-order valence-corrected chi connectivity index (χ4v) is 2.12. The predicted octanol–water partition coefficient (Wildman–Crippen LogP) is 1.16. The van der Waals surface area contributed by atoms with Crippen molar-refractivity contribution in [2.24, 2.45) is 5.92 Å². The Hall–Kier alpha value is -0.900. The van der Waals surface area contributed by atoms with E-state index in [0.29, 0.717) is 12.0 Å². The minimum absolute atomic E-state index is 0.0355. The number of rotatable bonds is 1. The van der Waals surface area contributed by atoms with Gasteiger partial charge in [-0.1, -0.05) is 0 Å². The van der Waals surface area contributed by atoms with Crippen LogP contribution in [0.1, 0.15) is 33.6 Å². The zero-order valence-corrected chi connectivity index (χ0v) is 9.49. The summed E-state index contributed by atoms with van der Waals surface area (Å²) in [4.78, 5) is 11.8. The molecule has 4 heteroatoms. The fourth-order valence-electron chi connectivity index (χ4n) is 2.12. The van der Waals surface area contributed by atoms with Crippen LogP contribution in [0.4, 0.5) is 4.79 Å². The predicted molar refractivity (Wildman–Crippen MR) is 55.1 cm³/mol. The van der Waals surface area contributed by atoms with Crippen LogP contribution in [0.5, 0.6) is 0 Å². The van der Waals surface area contributed by atoms with Crippen molar-refractivity contribution in [2.75, 3.05) is 6.61 Å². The van der Waals surface area contributed by atoms with Crippen molar-refractivity contribution in [3.63, 3.8) is 0 Å². The van der Waals surface area contributed by atoms with Crippen molar-refractivity contribution < 1.29 is 19.2 Å². The van der Waals surface area contributed by atoms with E-state index >= 15 is 0 Å².